The smallest absolute Gasteiger partial charge is 0.407 e. The Labute approximate surface area is 193 Å². The zero-order valence-corrected chi connectivity index (χ0v) is 19.0. The summed E-state index contributed by atoms with van der Waals surface area (Å²) in [5.74, 6) is -1.17. The number of carbonyl (C=O) groups excluding carboxylic acids is 2. The highest BCUT2D eigenvalue weighted by Crippen LogP contribution is 2.44. The number of carboxylic acids is 1. The fourth-order valence-corrected chi connectivity index (χ4v) is 4.86. The van der Waals surface area contributed by atoms with Gasteiger partial charge in [-0.25, -0.2) is 9.59 Å². The largest absolute Gasteiger partial charge is 0.480 e. The predicted molar refractivity (Wildman–Crippen MR) is 124 cm³/mol. The highest BCUT2D eigenvalue weighted by atomic mass is 16.5. The number of fused-ring (bicyclic) bond motifs is 3. The van der Waals surface area contributed by atoms with Gasteiger partial charge in [0.15, 0.2) is 0 Å². The Balaban J connectivity index is 1.31. The summed E-state index contributed by atoms with van der Waals surface area (Å²) in [5, 5.41) is 12.1. The lowest BCUT2D eigenvalue weighted by Crippen LogP contribution is -2.46. The van der Waals surface area contributed by atoms with E-state index >= 15 is 0 Å². The lowest BCUT2D eigenvalue weighted by Gasteiger charge is -2.28. The standard InChI is InChI=1S/C26H30N2O5/c1-26(2,14-13-23(29)28-15-7-12-22(28)24(30)31)27-25(32)33-16-21-19-10-5-3-8-17(19)18-9-4-6-11-20(18)21/h3-6,8-11,21-22H,7,12-16H2,1-2H3,(H,27,32)(H,30,31)/t22-/m1/s1. The molecule has 1 heterocycles. The number of likely N-dealkylation sites (tertiary alicyclic amines) is 1. The zero-order valence-electron chi connectivity index (χ0n) is 19.0. The average molecular weight is 451 g/mol. The molecular weight excluding hydrogens is 420 g/mol. The fourth-order valence-electron chi connectivity index (χ4n) is 4.86. The number of carbonyl (C=O) groups is 3. The lowest BCUT2D eigenvalue weighted by atomic mass is 9.97. The number of nitrogens with one attached hydrogen (secondary N) is 1. The number of amides is 2. The average Bonchev–Trinajstić information content (AvgIpc) is 3.39. The first-order valence-electron chi connectivity index (χ1n) is 11.4. The fraction of sp³-hybridized carbons (Fsp3) is 0.423. The van der Waals surface area contributed by atoms with Crippen molar-refractivity contribution >= 4 is 18.0 Å². The van der Waals surface area contributed by atoms with Crippen molar-refractivity contribution in [2.45, 2.75) is 57.0 Å². The van der Waals surface area contributed by atoms with Crippen molar-refractivity contribution < 1.29 is 24.2 Å². The third kappa shape index (κ3) is 4.87. The molecular formula is C26H30N2O5. The summed E-state index contributed by atoms with van der Waals surface area (Å²) in [4.78, 5) is 37.9. The molecule has 2 aromatic rings. The Morgan fingerprint density at radius 3 is 2.27 bits per heavy atom. The Morgan fingerprint density at radius 2 is 1.67 bits per heavy atom. The van der Waals surface area contributed by atoms with Gasteiger partial charge in [-0.15, -0.1) is 0 Å². The quantitative estimate of drug-likeness (QED) is 0.660. The summed E-state index contributed by atoms with van der Waals surface area (Å²) in [5.41, 5.74) is 3.96. The molecule has 0 unspecified atom stereocenters. The van der Waals surface area contributed by atoms with Gasteiger partial charge in [-0.05, 0) is 55.4 Å². The summed E-state index contributed by atoms with van der Waals surface area (Å²) >= 11 is 0. The Hall–Kier alpha value is -3.35. The maximum absolute atomic E-state index is 12.6. The molecule has 33 heavy (non-hydrogen) atoms. The topological polar surface area (TPSA) is 95.9 Å². The van der Waals surface area contributed by atoms with Crippen LogP contribution in [-0.4, -0.2) is 52.7 Å². The van der Waals surface area contributed by atoms with Gasteiger partial charge in [-0.2, -0.15) is 0 Å². The van der Waals surface area contributed by atoms with Gasteiger partial charge in [-0.3, -0.25) is 4.79 Å². The number of carboxylic acid groups (broad SMARTS) is 1. The highest BCUT2D eigenvalue weighted by molar-refractivity contribution is 5.84. The molecule has 0 bridgehead atoms. The van der Waals surface area contributed by atoms with E-state index < -0.39 is 23.6 Å². The number of alkyl carbamates (subject to hydrolysis) is 1. The van der Waals surface area contributed by atoms with Crippen molar-refractivity contribution in [3.05, 3.63) is 59.7 Å². The summed E-state index contributed by atoms with van der Waals surface area (Å²) in [7, 11) is 0. The van der Waals surface area contributed by atoms with Crippen LogP contribution in [0, 0.1) is 0 Å². The van der Waals surface area contributed by atoms with Crippen molar-refractivity contribution in [1.29, 1.82) is 0 Å². The number of nitrogens with zero attached hydrogens (tertiary/aromatic N) is 1. The molecule has 7 nitrogen and oxygen atoms in total. The van der Waals surface area contributed by atoms with E-state index in [4.69, 9.17) is 4.74 Å². The van der Waals surface area contributed by atoms with Gasteiger partial charge < -0.3 is 20.1 Å². The second-order valence-electron chi connectivity index (χ2n) is 9.42. The molecule has 1 atom stereocenters. The van der Waals surface area contributed by atoms with Gasteiger partial charge in [0.2, 0.25) is 5.91 Å². The lowest BCUT2D eigenvalue weighted by molar-refractivity contribution is -0.148. The van der Waals surface area contributed by atoms with Crippen LogP contribution in [0.15, 0.2) is 48.5 Å². The molecule has 0 aromatic heterocycles. The van der Waals surface area contributed by atoms with Crippen LogP contribution in [0.5, 0.6) is 0 Å². The highest BCUT2D eigenvalue weighted by Gasteiger charge is 2.35. The molecule has 1 aliphatic heterocycles. The van der Waals surface area contributed by atoms with Crippen LogP contribution in [0.25, 0.3) is 11.1 Å². The Morgan fingerprint density at radius 1 is 1.06 bits per heavy atom. The van der Waals surface area contributed by atoms with Crippen LogP contribution >= 0.6 is 0 Å². The van der Waals surface area contributed by atoms with E-state index in [1.54, 1.807) is 0 Å². The third-order valence-electron chi connectivity index (χ3n) is 6.61. The predicted octanol–water partition coefficient (Wildman–Crippen LogP) is 4.16. The number of hydrogen-bond acceptors (Lipinski definition) is 4. The summed E-state index contributed by atoms with van der Waals surface area (Å²) in [6, 6.07) is 15.6. The van der Waals surface area contributed by atoms with E-state index in [0.29, 0.717) is 25.8 Å². The molecule has 174 valence electrons. The normalized spacial score (nSPS) is 17.4. The number of rotatable bonds is 7. The Kier molecular flexibility index (Phi) is 6.40. The molecule has 0 spiro atoms. The number of ether oxygens (including phenoxy) is 1. The van der Waals surface area contributed by atoms with Crippen LogP contribution in [0.3, 0.4) is 0 Å². The van der Waals surface area contributed by atoms with Gasteiger partial charge in [0, 0.05) is 24.4 Å². The van der Waals surface area contributed by atoms with E-state index in [-0.39, 0.29) is 24.9 Å². The Bertz CT molecular complexity index is 1020. The van der Waals surface area contributed by atoms with Gasteiger partial charge in [0.05, 0.1) is 0 Å². The molecule has 7 heteroatoms. The maximum Gasteiger partial charge on any atom is 0.407 e. The zero-order chi connectivity index (χ0) is 23.6. The van der Waals surface area contributed by atoms with E-state index in [0.717, 1.165) is 11.1 Å². The van der Waals surface area contributed by atoms with Crippen molar-refractivity contribution in [1.82, 2.24) is 10.2 Å². The number of aliphatic carboxylic acids is 1. The monoisotopic (exact) mass is 450 g/mol. The second kappa shape index (κ2) is 9.25. The first kappa shape index (κ1) is 22.8. The van der Waals surface area contributed by atoms with Gasteiger partial charge >= 0.3 is 12.1 Å². The van der Waals surface area contributed by atoms with Crippen molar-refractivity contribution in [3.8, 4) is 11.1 Å². The molecule has 1 saturated heterocycles. The van der Waals surface area contributed by atoms with Crippen LogP contribution in [0.4, 0.5) is 4.79 Å². The van der Waals surface area contributed by atoms with Crippen LogP contribution < -0.4 is 5.32 Å². The molecule has 2 amide bonds. The molecule has 1 aliphatic carbocycles. The van der Waals surface area contributed by atoms with E-state index in [9.17, 15) is 19.5 Å². The van der Waals surface area contributed by atoms with Crippen LogP contribution in [0.1, 0.15) is 56.6 Å². The minimum Gasteiger partial charge on any atom is -0.480 e. The first-order chi connectivity index (χ1) is 15.8. The molecule has 1 fully saturated rings. The molecule has 0 radical (unpaired) electrons. The van der Waals surface area contributed by atoms with Crippen LogP contribution in [0.2, 0.25) is 0 Å². The minimum absolute atomic E-state index is 0.0176. The molecule has 0 saturated carbocycles. The number of benzene rings is 2. The van der Waals surface area contributed by atoms with Crippen molar-refractivity contribution in [2.24, 2.45) is 0 Å². The van der Waals surface area contributed by atoms with Gasteiger partial charge in [0.25, 0.3) is 0 Å². The van der Waals surface area contributed by atoms with E-state index in [2.05, 4.69) is 29.6 Å². The summed E-state index contributed by atoms with van der Waals surface area (Å²) < 4.78 is 5.61. The molecule has 2 aromatic carbocycles. The number of hydrogen-bond donors (Lipinski definition) is 2. The van der Waals surface area contributed by atoms with Crippen molar-refractivity contribution in [3.63, 3.8) is 0 Å². The summed E-state index contributed by atoms with van der Waals surface area (Å²) in [6.45, 7) is 4.36. The molecule has 2 aliphatic rings. The minimum atomic E-state index is -0.961. The van der Waals surface area contributed by atoms with Gasteiger partial charge in [0.1, 0.15) is 12.6 Å². The van der Waals surface area contributed by atoms with Crippen LogP contribution in [-0.2, 0) is 14.3 Å². The second-order valence-corrected chi connectivity index (χ2v) is 9.42. The maximum atomic E-state index is 12.6. The first-order valence-corrected chi connectivity index (χ1v) is 11.4. The molecule has 2 N–H and O–H groups in total. The van der Waals surface area contributed by atoms with Crippen molar-refractivity contribution in [2.75, 3.05) is 13.2 Å². The van der Waals surface area contributed by atoms with Gasteiger partial charge in [-0.1, -0.05) is 48.5 Å². The third-order valence-corrected chi connectivity index (χ3v) is 6.61. The van der Waals surface area contributed by atoms with E-state index in [1.807, 2.05) is 38.1 Å². The molecule has 4 rings (SSSR count). The SMILES string of the molecule is CC(C)(CCC(=O)N1CCC[C@@H]1C(=O)O)NC(=O)OCC1c2ccccc2-c2ccccc21. The van der Waals surface area contributed by atoms with E-state index in [1.165, 1.54) is 16.0 Å². The summed E-state index contributed by atoms with van der Waals surface area (Å²) in [6.07, 6.45) is 1.21.